The number of rotatable bonds is 4. The van der Waals surface area contributed by atoms with Crippen LogP contribution in [0.3, 0.4) is 0 Å². The maximum Gasteiger partial charge on any atom is 0.165 e. The Morgan fingerprint density at radius 3 is 2.87 bits per heavy atom. The number of benzene rings is 1. The quantitative estimate of drug-likeness (QED) is 0.751. The maximum atomic E-state index is 12.0. The number of hydrogen-bond donors (Lipinski definition) is 0. The van der Waals surface area contributed by atoms with Crippen LogP contribution in [0.25, 0.3) is 0 Å². The average molecular weight is 267 g/mol. The van der Waals surface area contributed by atoms with Crippen molar-refractivity contribution in [2.75, 3.05) is 0 Å². The number of halogens is 1. The first-order chi connectivity index (χ1) is 7.16. The molecule has 0 heterocycles. The Hall–Kier alpha value is -0.630. The van der Waals surface area contributed by atoms with E-state index in [0.29, 0.717) is 0 Å². The fourth-order valence-electron chi connectivity index (χ4n) is 1.89. The van der Waals surface area contributed by atoms with Gasteiger partial charge in [-0.25, -0.2) is 0 Å². The first kappa shape index (κ1) is 10.9. The highest BCUT2D eigenvalue weighted by Gasteiger charge is 2.26. The lowest BCUT2D eigenvalue weighted by Gasteiger charge is -2.09. The van der Waals surface area contributed by atoms with Crippen molar-refractivity contribution in [2.24, 2.45) is 11.8 Å². The van der Waals surface area contributed by atoms with Crippen LogP contribution in [-0.4, -0.2) is 5.78 Å². The van der Waals surface area contributed by atoms with Gasteiger partial charge in [0.15, 0.2) is 5.78 Å². The van der Waals surface area contributed by atoms with Gasteiger partial charge in [0, 0.05) is 16.0 Å². The van der Waals surface area contributed by atoms with E-state index in [1.54, 1.807) is 0 Å². The zero-order valence-electron chi connectivity index (χ0n) is 8.87. The summed E-state index contributed by atoms with van der Waals surface area (Å²) in [4.78, 5) is 12.0. The Morgan fingerprint density at radius 2 is 2.27 bits per heavy atom. The van der Waals surface area contributed by atoms with E-state index in [1.807, 2.05) is 31.2 Å². The van der Waals surface area contributed by atoms with Gasteiger partial charge in [-0.1, -0.05) is 47.8 Å². The molecular weight excluding hydrogens is 252 g/mol. The molecule has 1 aliphatic rings. The largest absolute Gasteiger partial charge is 0.294 e. The predicted octanol–water partition coefficient (Wildman–Crippen LogP) is 4.07. The summed E-state index contributed by atoms with van der Waals surface area (Å²) >= 11 is 3.39. The maximum absolute atomic E-state index is 12.0. The van der Waals surface area contributed by atoms with Crippen LogP contribution in [0.15, 0.2) is 28.7 Å². The summed E-state index contributed by atoms with van der Waals surface area (Å²) < 4.78 is 0.979. The SMILES string of the molecule is CC(CC1CC1)C(=O)c1cccc(Br)c1. The number of Topliss-reactive ketones (excluding diaryl/α,β-unsaturated/α-hetero) is 1. The summed E-state index contributed by atoms with van der Waals surface area (Å²) in [5, 5.41) is 0. The molecule has 1 saturated carbocycles. The van der Waals surface area contributed by atoms with Crippen molar-refractivity contribution in [3.05, 3.63) is 34.3 Å². The zero-order valence-corrected chi connectivity index (χ0v) is 10.5. The minimum absolute atomic E-state index is 0.173. The molecule has 1 nitrogen and oxygen atoms in total. The first-order valence-electron chi connectivity index (χ1n) is 5.46. The topological polar surface area (TPSA) is 17.1 Å². The lowest BCUT2D eigenvalue weighted by Crippen LogP contribution is -2.11. The Bertz CT molecular complexity index is 369. The average Bonchev–Trinajstić information content (AvgIpc) is 3.00. The normalized spacial score (nSPS) is 17.5. The fraction of sp³-hybridized carbons (Fsp3) is 0.462. The second-order valence-electron chi connectivity index (χ2n) is 4.45. The second kappa shape index (κ2) is 4.48. The van der Waals surface area contributed by atoms with Crippen molar-refractivity contribution in [3.8, 4) is 0 Å². The van der Waals surface area contributed by atoms with E-state index in [0.717, 1.165) is 22.4 Å². The molecule has 15 heavy (non-hydrogen) atoms. The highest BCUT2D eigenvalue weighted by molar-refractivity contribution is 9.10. The molecule has 2 rings (SSSR count). The fourth-order valence-corrected chi connectivity index (χ4v) is 2.29. The smallest absolute Gasteiger partial charge is 0.165 e. The van der Waals surface area contributed by atoms with Crippen molar-refractivity contribution < 1.29 is 4.79 Å². The minimum Gasteiger partial charge on any atom is -0.294 e. The van der Waals surface area contributed by atoms with E-state index in [1.165, 1.54) is 12.8 Å². The molecule has 0 saturated heterocycles. The summed E-state index contributed by atoms with van der Waals surface area (Å²) in [5.74, 6) is 1.27. The number of ketones is 1. The molecule has 0 aromatic heterocycles. The Balaban J connectivity index is 2.05. The molecule has 1 aromatic carbocycles. The Labute approximate surface area is 99.0 Å². The van der Waals surface area contributed by atoms with E-state index in [-0.39, 0.29) is 11.7 Å². The Kier molecular flexibility index (Phi) is 3.25. The van der Waals surface area contributed by atoms with Crippen LogP contribution in [0, 0.1) is 11.8 Å². The third kappa shape index (κ3) is 2.91. The molecule has 1 aromatic rings. The van der Waals surface area contributed by atoms with Crippen molar-refractivity contribution >= 4 is 21.7 Å². The van der Waals surface area contributed by atoms with E-state index in [2.05, 4.69) is 15.9 Å². The third-order valence-electron chi connectivity index (χ3n) is 2.94. The summed E-state index contributed by atoms with van der Waals surface area (Å²) in [5.41, 5.74) is 0.831. The molecule has 1 aliphatic carbocycles. The number of carbonyl (C=O) groups excluding carboxylic acids is 1. The molecule has 0 spiro atoms. The molecule has 0 N–H and O–H groups in total. The molecule has 2 heteroatoms. The van der Waals surface area contributed by atoms with Crippen LogP contribution in [0.1, 0.15) is 36.5 Å². The van der Waals surface area contributed by atoms with E-state index in [9.17, 15) is 4.79 Å². The van der Waals surface area contributed by atoms with Gasteiger partial charge in [-0.3, -0.25) is 4.79 Å². The summed E-state index contributed by atoms with van der Waals surface area (Å²) in [7, 11) is 0. The number of carbonyl (C=O) groups is 1. The molecule has 80 valence electrons. The first-order valence-corrected chi connectivity index (χ1v) is 6.26. The molecule has 0 bridgehead atoms. The predicted molar refractivity (Wildman–Crippen MR) is 65.0 cm³/mol. The van der Waals surface area contributed by atoms with Crippen LogP contribution in [0.2, 0.25) is 0 Å². The standard InChI is InChI=1S/C13H15BrO/c1-9(7-10-5-6-10)13(15)11-3-2-4-12(14)8-11/h2-4,8-10H,5-7H2,1H3. The van der Waals surface area contributed by atoms with Gasteiger partial charge in [-0.05, 0) is 24.5 Å². The van der Waals surface area contributed by atoms with Gasteiger partial charge in [0.05, 0.1) is 0 Å². The summed E-state index contributed by atoms with van der Waals surface area (Å²) in [6.45, 7) is 2.04. The molecule has 1 unspecified atom stereocenters. The summed E-state index contributed by atoms with van der Waals surface area (Å²) in [6, 6.07) is 7.67. The van der Waals surface area contributed by atoms with Gasteiger partial charge in [0.25, 0.3) is 0 Å². The minimum atomic E-state index is 0.173. The van der Waals surface area contributed by atoms with Crippen LogP contribution in [0.4, 0.5) is 0 Å². The Morgan fingerprint density at radius 1 is 1.53 bits per heavy atom. The molecule has 0 aliphatic heterocycles. The van der Waals surface area contributed by atoms with Crippen molar-refractivity contribution in [2.45, 2.75) is 26.2 Å². The second-order valence-corrected chi connectivity index (χ2v) is 5.37. The van der Waals surface area contributed by atoms with E-state index < -0.39 is 0 Å². The lowest BCUT2D eigenvalue weighted by molar-refractivity contribution is 0.0920. The highest BCUT2D eigenvalue weighted by Crippen LogP contribution is 2.36. The van der Waals surface area contributed by atoms with Gasteiger partial charge in [-0.15, -0.1) is 0 Å². The molecule has 1 atom stereocenters. The van der Waals surface area contributed by atoms with Crippen molar-refractivity contribution in [1.82, 2.24) is 0 Å². The molecule has 0 radical (unpaired) electrons. The van der Waals surface area contributed by atoms with Crippen LogP contribution in [0.5, 0.6) is 0 Å². The van der Waals surface area contributed by atoms with Crippen molar-refractivity contribution in [1.29, 1.82) is 0 Å². The van der Waals surface area contributed by atoms with E-state index >= 15 is 0 Å². The van der Waals surface area contributed by atoms with E-state index in [4.69, 9.17) is 0 Å². The monoisotopic (exact) mass is 266 g/mol. The van der Waals surface area contributed by atoms with Gasteiger partial charge >= 0.3 is 0 Å². The zero-order chi connectivity index (χ0) is 10.8. The molecule has 0 amide bonds. The lowest BCUT2D eigenvalue weighted by atomic mass is 9.94. The third-order valence-corrected chi connectivity index (χ3v) is 3.43. The highest BCUT2D eigenvalue weighted by atomic mass is 79.9. The van der Waals surface area contributed by atoms with Crippen molar-refractivity contribution in [3.63, 3.8) is 0 Å². The van der Waals surface area contributed by atoms with Gasteiger partial charge in [-0.2, -0.15) is 0 Å². The summed E-state index contributed by atoms with van der Waals surface area (Å²) in [6.07, 6.45) is 3.69. The van der Waals surface area contributed by atoms with Crippen LogP contribution < -0.4 is 0 Å². The van der Waals surface area contributed by atoms with Gasteiger partial charge in [0.2, 0.25) is 0 Å². The van der Waals surface area contributed by atoms with Crippen LogP contribution >= 0.6 is 15.9 Å². The molecule has 1 fully saturated rings. The van der Waals surface area contributed by atoms with Gasteiger partial charge < -0.3 is 0 Å². The molecular formula is C13H15BrO. The van der Waals surface area contributed by atoms with Crippen LogP contribution in [-0.2, 0) is 0 Å². The van der Waals surface area contributed by atoms with Gasteiger partial charge in [0.1, 0.15) is 0 Å². The number of hydrogen-bond acceptors (Lipinski definition) is 1.